The topological polar surface area (TPSA) is 86.6 Å². The zero-order valence-electron chi connectivity index (χ0n) is 16.6. The van der Waals surface area contributed by atoms with Crippen molar-refractivity contribution in [1.82, 2.24) is 0 Å². The summed E-state index contributed by atoms with van der Waals surface area (Å²) in [5.74, 6) is -2.24. The second-order valence-corrected chi connectivity index (χ2v) is 7.23. The second kappa shape index (κ2) is 14.1. The molecular formula is C22H35NO4. The first kappa shape index (κ1) is 23.0. The highest BCUT2D eigenvalue weighted by Crippen LogP contribution is 2.16. The molecule has 5 nitrogen and oxygen atoms in total. The van der Waals surface area contributed by atoms with Gasteiger partial charge in [-0.05, 0) is 24.6 Å². The second-order valence-electron chi connectivity index (χ2n) is 7.23. The van der Waals surface area contributed by atoms with Crippen LogP contribution >= 0.6 is 0 Å². The van der Waals surface area contributed by atoms with Gasteiger partial charge in [0.1, 0.15) is 0 Å². The molecule has 0 heterocycles. The van der Waals surface area contributed by atoms with Crippen molar-refractivity contribution in [2.75, 3.05) is 11.9 Å². The Labute approximate surface area is 163 Å². The predicted octanol–water partition coefficient (Wildman–Crippen LogP) is 6.20. The number of rotatable bonds is 16. The summed E-state index contributed by atoms with van der Waals surface area (Å²) in [4.78, 5) is 22.2. The van der Waals surface area contributed by atoms with Crippen molar-refractivity contribution in [3.63, 3.8) is 0 Å². The molecule has 0 unspecified atom stereocenters. The summed E-state index contributed by atoms with van der Waals surface area (Å²) in [5.41, 5.74) is 0.537. The quantitative estimate of drug-likeness (QED) is 0.299. The molecule has 5 heteroatoms. The first-order valence-electron chi connectivity index (χ1n) is 10.4. The molecule has 0 fully saturated rings. The SMILES string of the molecule is CCCCCCCCCCCCCCNc1cc(C(=O)O)cc(C(=O)O)c1. The van der Waals surface area contributed by atoms with Gasteiger partial charge in [0.25, 0.3) is 0 Å². The van der Waals surface area contributed by atoms with Crippen LogP contribution in [0.2, 0.25) is 0 Å². The van der Waals surface area contributed by atoms with E-state index in [2.05, 4.69) is 12.2 Å². The number of anilines is 1. The van der Waals surface area contributed by atoms with Gasteiger partial charge in [-0.2, -0.15) is 0 Å². The molecule has 1 aromatic carbocycles. The average Bonchev–Trinajstić information content (AvgIpc) is 2.65. The molecule has 27 heavy (non-hydrogen) atoms. The van der Waals surface area contributed by atoms with Gasteiger partial charge in [-0.25, -0.2) is 9.59 Å². The standard InChI is InChI=1S/C22H35NO4/c1-2-3-4-5-6-7-8-9-10-11-12-13-14-23-20-16-18(21(24)25)15-19(17-20)22(26)27/h15-17,23H,2-14H2,1H3,(H,24,25)(H,26,27). The Hall–Kier alpha value is -2.04. The monoisotopic (exact) mass is 377 g/mol. The molecule has 0 aliphatic rings. The Kier molecular flexibility index (Phi) is 12.0. The zero-order chi connectivity index (χ0) is 19.9. The van der Waals surface area contributed by atoms with Gasteiger partial charge in [0, 0.05) is 12.2 Å². The highest BCUT2D eigenvalue weighted by molar-refractivity contribution is 5.95. The smallest absolute Gasteiger partial charge is 0.335 e. The number of unbranched alkanes of at least 4 members (excludes halogenated alkanes) is 11. The van der Waals surface area contributed by atoms with Gasteiger partial charge in [0.2, 0.25) is 0 Å². The number of hydrogen-bond donors (Lipinski definition) is 3. The molecular weight excluding hydrogens is 342 g/mol. The summed E-state index contributed by atoms with van der Waals surface area (Å²) in [6.45, 7) is 2.97. The largest absolute Gasteiger partial charge is 0.478 e. The molecule has 3 N–H and O–H groups in total. The molecule has 0 aliphatic heterocycles. The molecule has 1 aromatic rings. The lowest BCUT2D eigenvalue weighted by Crippen LogP contribution is -2.07. The summed E-state index contributed by atoms with van der Waals surface area (Å²) < 4.78 is 0. The number of benzene rings is 1. The van der Waals surface area contributed by atoms with Crippen LogP contribution in [0.15, 0.2) is 18.2 Å². The molecule has 0 amide bonds. The Bertz CT molecular complexity index is 539. The van der Waals surface area contributed by atoms with E-state index in [1.165, 1.54) is 82.4 Å². The fourth-order valence-corrected chi connectivity index (χ4v) is 3.18. The van der Waals surface area contributed by atoms with Crippen LogP contribution in [0.25, 0.3) is 0 Å². The van der Waals surface area contributed by atoms with Crippen LogP contribution in [0, 0.1) is 0 Å². The fourth-order valence-electron chi connectivity index (χ4n) is 3.18. The molecule has 0 bridgehead atoms. The number of aromatic carboxylic acids is 2. The van der Waals surface area contributed by atoms with E-state index in [0.717, 1.165) is 19.4 Å². The van der Waals surface area contributed by atoms with E-state index in [1.807, 2.05) is 0 Å². The van der Waals surface area contributed by atoms with Crippen molar-refractivity contribution in [1.29, 1.82) is 0 Å². The number of carbonyl (C=O) groups is 2. The highest BCUT2D eigenvalue weighted by atomic mass is 16.4. The summed E-state index contributed by atoms with van der Waals surface area (Å²) in [6.07, 6.45) is 15.4. The third-order valence-electron chi connectivity index (χ3n) is 4.79. The van der Waals surface area contributed by atoms with Gasteiger partial charge in [-0.15, -0.1) is 0 Å². The minimum atomic E-state index is -1.12. The Morgan fingerprint density at radius 3 is 1.52 bits per heavy atom. The van der Waals surface area contributed by atoms with Crippen LogP contribution in [0.1, 0.15) is 105 Å². The summed E-state index contributed by atoms with van der Waals surface area (Å²) in [7, 11) is 0. The van der Waals surface area contributed by atoms with Gasteiger partial charge in [-0.1, -0.05) is 77.6 Å². The average molecular weight is 378 g/mol. The maximum absolute atomic E-state index is 11.1. The van der Waals surface area contributed by atoms with E-state index < -0.39 is 11.9 Å². The van der Waals surface area contributed by atoms with Crippen LogP contribution in [-0.2, 0) is 0 Å². The molecule has 152 valence electrons. The summed E-state index contributed by atoms with van der Waals surface area (Å²) in [5, 5.41) is 21.3. The van der Waals surface area contributed by atoms with Gasteiger partial charge in [0.15, 0.2) is 0 Å². The third kappa shape index (κ3) is 10.6. The molecule has 0 atom stereocenters. The van der Waals surface area contributed by atoms with Crippen molar-refractivity contribution < 1.29 is 19.8 Å². The van der Waals surface area contributed by atoms with Crippen LogP contribution in [0.3, 0.4) is 0 Å². The number of nitrogens with one attached hydrogen (secondary N) is 1. The van der Waals surface area contributed by atoms with Crippen molar-refractivity contribution in [3.8, 4) is 0 Å². The third-order valence-corrected chi connectivity index (χ3v) is 4.79. The molecule has 0 saturated heterocycles. The number of carboxylic acids is 2. The lowest BCUT2D eigenvalue weighted by molar-refractivity contribution is 0.0696. The molecule has 0 spiro atoms. The van der Waals surface area contributed by atoms with Crippen molar-refractivity contribution in [2.45, 2.75) is 84.0 Å². The molecule has 0 saturated carbocycles. The fraction of sp³-hybridized carbons (Fsp3) is 0.636. The molecule has 0 radical (unpaired) electrons. The van der Waals surface area contributed by atoms with Crippen LogP contribution < -0.4 is 5.32 Å². The lowest BCUT2D eigenvalue weighted by atomic mass is 10.1. The summed E-state index contributed by atoms with van der Waals surface area (Å²) in [6, 6.07) is 4.14. The van der Waals surface area contributed by atoms with Crippen LogP contribution in [0.5, 0.6) is 0 Å². The maximum atomic E-state index is 11.1. The van der Waals surface area contributed by atoms with Crippen molar-refractivity contribution in [2.24, 2.45) is 0 Å². The lowest BCUT2D eigenvalue weighted by Gasteiger charge is -2.09. The normalized spacial score (nSPS) is 10.7. The first-order valence-corrected chi connectivity index (χ1v) is 10.4. The van der Waals surface area contributed by atoms with Crippen molar-refractivity contribution in [3.05, 3.63) is 29.3 Å². The van der Waals surface area contributed by atoms with Crippen LogP contribution in [-0.4, -0.2) is 28.7 Å². The van der Waals surface area contributed by atoms with Gasteiger partial charge < -0.3 is 15.5 Å². The summed E-state index contributed by atoms with van der Waals surface area (Å²) >= 11 is 0. The van der Waals surface area contributed by atoms with E-state index in [-0.39, 0.29) is 11.1 Å². The molecule has 0 aromatic heterocycles. The van der Waals surface area contributed by atoms with E-state index in [4.69, 9.17) is 10.2 Å². The Morgan fingerprint density at radius 1 is 0.704 bits per heavy atom. The van der Waals surface area contributed by atoms with Gasteiger partial charge in [0.05, 0.1) is 11.1 Å². The van der Waals surface area contributed by atoms with E-state index in [1.54, 1.807) is 0 Å². The minimum absolute atomic E-state index is 0.00732. The van der Waals surface area contributed by atoms with E-state index >= 15 is 0 Å². The highest BCUT2D eigenvalue weighted by Gasteiger charge is 2.11. The molecule has 0 aliphatic carbocycles. The van der Waals surface area contributed by atoms with Gasteiger partial charge in [-0.3, -0.25) is 0 Å². The zero-order valence-corrected chi connectivity index (χ0v) is 16.6. The van der Waals surface area contributed by atoms with E-state index in [9.17, 15) is 9.59 Å². The number of carboxylic acid groups (broad SMARTS) is 2. The Morgan fingerprint density at radius 2 is 1.11 bits per heavy atom. The van der Waals surface area contributed by atoms with E-state index in [0.29, 0.717) is 5.69 Å². The van der Waals surface area contributed by atoms with Gasteiger partial charge >= 0.3 is 11.9 Å². The molecule has 1 rings (SSSR count). The maximum Gasteiger partial charge on any atom is 0.335 e. The first-order chi connectivity index (χ1) is 13.0. The Balaban J connectivity index is 2.11. The minimum Gasteiger partial charge on any atom is -0.478 e. The number of hydrogen-bond acceptors (Lipinski definition) is 3. The van der Waals surface area contributed by atoms with Crippen molar-refractivity contribution >= 4 is 17.6 Å². The van der Waals surface area contributed by atoms with Crippen LogP contribution in [0.4, 0.5) is 5.69 Å². The predicted molar refractivity (Wildman–Crippen MR) is 110 cm³/mol.